The molecule has 2 aromatic rings. The molecule has 0 N–H and O–H groups in total. The van der Waals surface area contributed by atoms with Crippen LogP contribution in [0.3, 0.4) is 0 Å². The molecule has 1 atom stereocenters. The fraction of sp³-hybridized carbons (Fsp3) is 0.586. The Morgan fingerprint density at radius 3 is 1.47 bits per heavy atom. The summed E-state index contributed by atoms with van der Waals surface area (Å²) >= 11 is 0. The summed E-state index contributed by atoms with van der Waals surface area (Å²) in [5, 5.41) is 1.37. The van der Waals surface area contributed by atoms with Gasteiger partial charge in [-0.3, -0.25) is 0 Å². The zero-order valence-electron chi connectivity index (χ0n) is 21.6. The Labute approximate surface area is 189 Å². The molecule has 0 saturated heterocycles. The number of benzene rings is 2. The zero-order valence-corrected chi connectivity index (χ0v) is 22.8. The van der Waals surface area contributed by atoms with Gasteiger partial charge >= 0.3 is 0 Å². The lowest BCUT2D eigenvalue weighted by atomic mass is 9.73. The molecule has 30 heavy (non-hydrogen) atoms. The zero-order chi connectivity index (χ0) is 23.2. The van der Waals surface area contributed by atoms with E-state index in [9.17, 15) is 0 Å². The van der Waals surface area contributed by atoms with Crippen LogP contribution in [-0.2, 0) is 10.8 Å². The van der Waals surface area contributed by atoms with Gasteiger partial charge in [-0.15, -0.1) is 9.24 Å². The lowest BCUT2D eigenvalue weighted by molar-refractivity contribution is 0.533. The summed E-state index contributed by atoms with van der Waals surface area (Å²) in [5.74, 6) is 1.51. The molecular formula is C29H45P. The molecule has 0 aliphatic heterocycles. The smallest absolute Gasteiger partial charge is 0.0103 e. The van der Waals surface area contributed by atoms with E-state index in [2.05, 4.69) is 117 Å². The minimum atomic E-state index is 0.0869. The Kier molecular flexibility index (Phi) is 7.36. The molecule has 0 heterocycles. The molecule has 0 nitrogen and oxygen atoms in total. The highest BCUT2D eigenvalue weighted by molar-refractivity contribution is 7.28. The van der Waals surface area contributed by atoms with Crippen molar-refractivity contribution in [2.45, 2.75) is 112 Å². The van der Waals surface area contributed by atoms with Gasteiger partial charge in [-0.2, -0.15) is 0 Å². The Hall–Kier alpha value is -1.13. The van der Waals surface area contributed by atoms with Crippen LogP contribution >= 0.6 is 9.24 Å². The molecule has 1 unspecified atom stereocenters. The maximum absolute atomic E-state index is 3.14. The van der Waals surface area contributed by atoms with E-state index >= 15 is 0 Å². The lowest BCUT2D eigenvalue weighted by Crippen LogP contribution is -2.28. The number of rotatable bonds is 4. The second kappa shape index (κ2) is 8.78. The summed E-state index contributed by atoms with van der Waals surface area (Å²) in [4.78, 5) is 0. The normalized spacial score (nSPS) is 13.1. The van der Waals surface area contributed by atoms with E-state index < -0.39 is 0 Å². The molecule has 166 valence electrons. The molecule has 0 bridgehead atoms. The number of hydrogen-bond acceptors (Lipinski definition) is 0. The first-order valence-electron chi connectivity index (χ1n) is 11.7. The summed E-state index contributed by atoms with van der Waals surface area (Å²) < 4.78 is 0. The van der Waals surface area contributed by atoms with Gasteiger partial charge in [0.2, 0.25) is 0 Å². The first kappa shape index (κ1) is 25.1. The van der Waals surface area contributed by atoms with Crippen LogP contribution in [0.15, 0.2) is 24.3 Å². The molecule has 0 saturated carbocycles. The highest BCUT2D eigenvalue weighted by atomic mass is 31.0. The van der Waals surface area contributed by atoms with Gasteiger partial charge in [-0.1, -0.05) is 107 Å². The third kappa shape index (κ3) is 5.02. The Balaban J connectivity index is 3.01. The highest BCUT2D eigenvalue weighted by Crippen LogP contribution is 2.42. The molecule has 0 fully saturated rings. The van der Waals surface area contributed by atoms with Gasteiger partial charge in [-0.25, -0.2) is 0 Å². The predicted molar refractivity (Wildman–Crippen MR) is 141 cm³/mol. The van der Waals surface area contributed by atoms with Gasteiger partial charge in [0.25, 0.3) is 0 Å². The largest absolute Gasteiger partial charge is 0.105 e. The molecule has 0 aromatic heterocycles. The Bertz CT molecular complexity index is 870. The molecule has 0 amide bonds. The quantitative estimate of drug-likeness (QED) is 0.430. The molecular weight excluding hydrogens is 379 g/mol. The van der Waals surface area contributed by atoms with Crippen LogP contribution < -0.4 is 5.30 Å². The fourth-order valence-corrected chi connectivity index (χ4v) is 5.37. The summed E-state index contributed by atoms with van der Waals surface area (Å²) in [6.45, 7) is 28.0. The minimum Gasteiger partial charge on any atom is -0.105 e. The van der Waals surface area contributed by atoms with Crippen molar-refractivity contribution in [2.75, 3.05) is 0 Å². The van der Waals surface area contributed by atoms with E-state index in [0.717, 1.165) is 0 Å². The first-order valence-corrected chi connectivity index (χ1v) is 12.3. The highest BCUT2D eigenvalue weighted by Gasteiger charge is 2.29. The summed E-state index contributed by atoms with van der Waals surface area (Å²) in [6, 6.07) is 9.72. The van der Waals surface area contributed by atoms with Crippen molar-refractivity contribution in [3.63, 3.8) is 0 Å². The molecule has 0 aliphatic rings. The van der Waals surface area contributed by atoms with E-state index in [1.165, 1.54) is 44.2 Å². The molecule has 2 aromatic carbocycles. The first-order chi connectivity index (χ1) is 13.6. The van der Waals surface area contributed by atoms with Crippen molar-refractivity contribution in [1.29, 1.82) is 0 Å². The maximum atomic E-state index is 3.14. The Morgan fingerprint density at radius 2 is 1.13 bits per heavy atom. The van der Waals surface area contributed by atoms with Crippen molar-refractivity contribution in [3.8, 4) is 11.1 Å². The van der Waals surface area contributed by atoms with Crippen molar-refractivity contribution in [1.82, 2.24) is 0 Å². The molecule has 0 spiro atoms. The average molecular weight is 425 g/mol. The lowest BCUT2D eigenvalue weighted by Gasteiger charge is -2.34. The van der Waals surface area contributed by atoms with Crippen LogP contribution in [0.1, 0.15) is 129 Å². The van der Waals surface area contributed by atoms with Gasteiger partial charge in [0, 0.05) is 0 Å². The second-order valence-electron chi connectivity index (χ2n) is 12.0. The van der Waals surface area contributed by atoms with Crippen LogP contribution in [-0.4, -0.2) is 0 Å². The van der Waals surface area contributed by atoms with Gasteiger partial charge in [-0.05, 0) is 72.8 Å². The van der Waals surface area contributed by atoms with Crippen LogP contribution in [0.5, 0.6) is 0 Å². The van der Waals surface area contributed by atoms with Crippen molar-refractivity contribution in [2.24, 2.45) is 0 Å². The molecule has 2 rings (SSSR count). The van der Waals surface area contributed by atoms with Crippen molar-refractivity contribution >= 4 is 14.5 Å². The monoisotopic (exact) mass is 424 g/mol. The van der Waals surface area contributed by atoms with Gasteiger partial charge in [0.15, 0.2) is 0 Å². The molecule has 0 radical (unpaired) electrons. The minimum absolute atomic E-state index is 0.0869. The Morgan fingerprint density at radius 1 is 0.667 bits per heavy atom. The van der Waals surface area contributed by atoms with E-state index in [-0.39, 0.29) is 10.8 Å². The maximum Gasteiger partial charge on any atom is -0.0103 e. The van der Waals surface area contributed by atoms with E-state index in [1.807, 2.05) is 0 Å². The fourth-order valence-electron chi connectivity index (χ4n) is 4.54. The van der Waals surface area contributed by atoms with Gasteiger partial charge in [0.05, 0.1) is 0 Å². The average Bonchev–Trinajstić information content (AvgIpc) is 2.58. The summed E-state index contributed by atoms with van der Waals surface area (Å²) in [7, 11) is 3.14. The second-order valence-corrected chi connectivity index (χ2v) is 12.6. The topological polar surface area (TPSA) is 0 Å². The molecule has 1 heteroatoms. The third-order valence-electron chi connectivity index (χ3n) is 6.21. The third-order valence-corrected chi connectivity index (χ3v) is 6.80. The molecule has 0 aliphatic carbocycles. The van der Waals surface area contributed by atoms with Crippen LogP contribution in [0.4, 0.5) is 0 Å². The van der Waals surface area contributed by atoms with Crippen molar-refractivity contribution in [3.05, 3.63) is 52.1 Å². The SMILES string of the molecule is CC(C)c1cc(C(C)C)c(-c2ccc(C(C)(C)C)c(C(C)(C)C)c2P)c(C(C)C)c1. The van der Waals surface area contributed by atoms with E-state index in [1.54, 1.807) is 0 Å². The standard InChI is InChI=1S/C29H45P/c1-17(2)20-15-22(18(3)4)25(23(16-20)19(5)6)21-13-14-24(28(7,8)9)26(27(21)30)29(10,11)12/h13-19H,30H2,1-12H3. The van der Waals surface area contributed by atoms with Gasteiger partial charge in [0.1, 0.15) is 0 Å². The van der Waals surface area contributed by atoms with Crippen LogP contribution in [0, 0.1) is 0 Å². The van der Waals surface area contributed by atoms with Gasteiger partial charge < -0.3 is 0 Å². The summed E-state index contributed by atoms with van der Waals surface area (Å²) in [6.07, 6.45) is 0. The van der Waals surface area contributed by atoms with Crippen LogP contribution in [0.25, 0.3) is 11.1 Å². The van der Waals surface area contributed by atoms with Crippen LogP contribution in [0.2, 0.25) is 0 Å². The number of hydrogen-bond donors (Lipinski definition) is 0. The van der Waals surface area contributed by atoms with Crippen molar-refractivity contribution < 1.29 is 0 Å². The van der Waals surface area contributed by atoms with E-state index in [4.69, 9.17) is 0 Å². The predicted octanol–water partition coefficient (Wildman–Crippen LogP) is 8.82. The summed E-state index contributed by atoms with van der Waals surface area (Å²) in [5.41, 5.74) is 10.4. The van der Waals surface area contributed by atoms with E-state index in [0.29, 0.717) is 17.8 Å².